The van der Waals surface area contributed by atoms with E-state index in [4.69, 9.17) is 10.5 Å². The lowest BCUT2D eigenvalue weighted by molar-refractivity contribution is 0.383. The molecule has 0 bridgehead atoms. The molecule has 2 aromatic heterocycles. The maximum absolute atomic E-state index is 14.5. The van der Waals surface area contributed by atoms with Crippen LogP contribution in [-0.2, 0) is 6.54 Å². The molecule has 0 fully saturated rings. The number of rotatable bonds is 4. The van der Waals surface area contributed by atoms with Crippen LogP contribution in [0.25, 0.3) is 22.6 Å². The first-order valence-corrected chi connectivity index (χ1v) is 8.34. The van der Waals surface area contributed by atoms with Crippen LogP contribution in [0.2, 0.25) is 0 Å². The van der Waals surface area contributed by atoms with Gasteiger partial charge in [-0.15, -0.1) is 0 Å². The number of nitrogens with two attached hydrogens (primary N) is 1. The number of halogens is 1. The first-order chi connectivity index (χ1) is 13.5. The summed E-state index contributed by atoms with van der Waals surface area (Å²) in [6.45, 7) is -0.0716. The Bertz CT molecular complexity index is 1250. The Morgan fingerprint density at radius 2 is 2.04 bits per heavy atom. The van der Waals surface area contributed by atoms with Crippen molar-refractivity contribution in [3.63, 3.8) is 0 Å². The molecule has 9 heteroatoms. The molecule has 142 valence electrons. The number of hydrogen-bond donors (Lipinski definition) is 3. The molecule has 0 aliphatic carbocycles. The molecule has 0 aliphatic rings. The number of aromatic amines is 1. The van der Waals surface area contributed by atoms with E-state index in [1.807, 2.05) is 0 Å². The highest BCUT2D eigenvalue weighted by Crippen LogP contribution is 2.25. The standard InChI is InChI=1S/C19H16FN5O3/c1-28-13-7-3-5-11(14(13)20)9-25-18-15(22-19(25)27)16(21)23-17(24-18)10-4-2-6-12(26)8-10/h2-8,26H,9H2,1H3,(H,22,27)(H2,21,23,24). The third-order valence-corrected chi connectivity index (χ3v) is 4.35. The number of benzene rings is 2. The molecular formula is C19H16FN5O3. The molecule has 4 rings (SSSR count). The Morgan fingerprint density at radius 1 is 1.25 bits per heavy atom. The number of anilines is 1. The number of phenols is 1. The van der Waals surface area contributed by atoms with E-state index in [9.17, 15) is 14.3 Å². The number of nitrogens with one attached hydrogen (secondary N) is 1. The lowest BCUT2D eigenvalue weighted by Crippen LogP contribution is -2.18. The van der Waals surface area contributed by atoms with Crippen LogP contribution in [-0.4, -0.2) is 31.7 Å². The highest BCUT2D eigenvalue weighted by atomic mass is 19.1. The normalized spacial score (nSPS) is 11.1. The fourth-order valence-electron chi connectivity index (χ4n) is 2.98. The second-order valence-electron chi connectivity index (χ2n) is 6.13. The molecule has 0 spiro atoms. The summed E-state index contributed by atoms with van der Waals surface area (Å²) in [6.07, 6.45) is 0. The molecule has 0 radical (unpaired) electrons. The number of aromatic hydroxyl groups is 1. The molecule has 2 heterocycles. The monoisotopic (exact) mass is 381 g/mol. The van der Waals surface area contributed by atoms with Crippen molar-refractivity contribution in [2.24, 2.45) is 0 Å². The molecule has 28 heavy (non-hydrogen) atoms. The van der Waals surface area contributed by atoms with E-state index in [0.29, 0.717) is 5.56 Å². The van der Waals surface area contributed by atoms with Crippen molar-refractivity contribution in [2.75, 3.05) is 12.8 Å². The van der Waals surface area contributed by atoms with Gasteiger partial charge < -0.3 is 20.6 Å². The highest BCUT2D eigenvalue weighted by molar-refractivity contribution is 5.84. The van der Waals surface area contributed by atoms with Crippen LogP contribution in [0.15, 0.2) is 47.3 Å². The first kappa shape index (κ1) is 17.5. The molecule has 2 aromatic carbocycles. The average molecular weight is 381 g/mol. The van der Waals surface area contributed by atoms with E-state index < -0.39 is 11.5 Å². The maximum Gasteiger partial charge on any atom is 0.328 e. The number of phenolic OH excluding ortho intramolecular Hbond substituents is 1. The molecule has 0 unspecified atom stereocenters. The molecule has 0 atom stereocenters. The second kappa shape index (κ2) is 6.69. The summed E-state index contributed by atoms with van der Waals surface area (Å²) in [5.41, 5.74) is 6.79. The van der Waals surface area contributed by atoms with E-state index in [2.05, 4.69) is 15.0 Å². The van der Waals surface area contributed by atoms with Crippen LogP contribution in [0.5, 0.6) is 11.5 Å². The molecule has 0 saturated heterocycles. The Kier molecular flexibility index (Phi) is 4.19. The zero-order valence-electron chi connectivity index (χ0n) is 14.8. The second-order valence-corrected chi connectivity index (χ2v) is 6.13. The number of imidazole rings is 1. The van der Waals surface area contributed by atoms with Crippen molar-refractivity contribution in [1.29, 1.82) is 0 Å². The van der Waals surface area contributed by atoms with Gasteiger partial charge in [-0.05, 0) is 18.2 Å². The minimum absolute atomic E-state index is 0.0460. The molecule has 8 nitrogen and oxygen atoms in total. The van der Waals surface area contributed by atoms with Gasteiger partial charge in [0, 0.05) is 11.1 Å². The molecule has 0 aliphatic heterocycles. The fourth-order valence-corrected chi connectivity index (χ4v) is 2.98. The number of aromatic nitrogens is 4. The number of H-pyrrole nitrogens is 1. The predicted molar refractivity (Wildman–Crippen MR) is 102 cm³/mol. The topological polar surface area (TPSA) is 119 Å². The summed E-state index contributed by atoms with van der Waals surface area (Å²) in [5, 5.41) is 9.69. The van der Waals surface area contributed by atoms with Gasteiger partial charge >= 0.3 is 5.69 Å². The zero-order valence-corrected chi connectivity index (χ0v) is 14.8. The molecule has 4 aromatic rings. The van der Waals surface area contributed by atoms with Crippen molar-refractivity contribution >= 4 is 17.0 Å². The van der Waals surface area contributed by atoms with Gasteiger partial charge in [0.1, 0.15) is 11.3 Å². The smallest absolute Gasteiger partial charge is 0.328 e. The van der Waals surface area contributed by atoms with E-state index in [0.717, 1.165) is 0 Å². The predicted octanol–water partition coefficient (Wildman–Crippen LogP) is 2.27. The summed E-state index contributed by atoms with van der Waals surface area (Å²) in [5.74, 6) is -0.115. The molecule has 4 N–H and O–H groups in total. The minimum Gasteiger partial charge on any atom is -0.508 e. The van der Waals surface area contributed by atoms with Crippen molar-refractivity contribution in [3.8, 4) is 22.9 Å². The summed E-state index contributed by atoms with van der Waals surface area (Å²) in [7, 11) is 1.37. The Labute approximate surface area is 158 Å². The van der Waals surface area contributed by atoms with Crippen molar-refractivity contribution in [1.82, 2.24) is 19.5 Å². The fraction of sp³-hybridized carbons (Fsp3) is 0.105. The van der Waals surface area contributed by atoms with Crippen LogP contribution in [0.1, 0.15) is 5.56 Å². The van der Waals surface area contributed by atoms with E-state index in [1.165, 1.54) is 29.9 Å². The van der Waals surface area contributed by atoms with Crippen molar-refractivity contribution in [2.45, 2.75) is 6.54 Å². The summed E-state index contributed by atoms with van der Waals surface area (Å²) in [6, 6.07) is 11.0. The summed E-state index contributed by atoms with van der Waals surface area (Å²) < 4.78 is 20.8. The number of nitrogen functional groups attached to an aromatic ring is 1. The third kappa shape index (κ3) is 2.92. The van der Waals surface area contributed by atoms with Gasteiger partial charge in [0.25, 0.3) is 0 Å². The Balaban J connectivity index is 1.88. The van der Waals surface area contributed by atoms with Gasteiger partial charge in [-0.2, -0.15) is 0 Å². The van der Waals surface area contributed by atoms with Crippen LogP contribution in [0.3, 0.4) is 0 Å². The highest BCUT2D eigenvalue weighted by Gasteiger charge is 2.17. The Morgan fingerprint density at radius 3 is 2.79 bits per heavy atom. The zero-order chi connectivity index (χ0) is 19.8. The number of hydrogen-bond acceptors (Lipinski definition) is 6. The van der Waals surface area contributed by atoms with Gasteiger partial charge in [-0.25, -0.2) is 19.2 Å². The minimum atomic E-state index is -0.554. The van der Waals surface area contributed by atoms with Gasteiger partial charge in [0.05, 0.1) is 13.7 Å². The molecular weight excluding hydrogens is 365 g/mol. The van der Waals surface area contributed by atoms with Gasteiger partial charge in [0.2, 0.25) is 0 Å². The SMILES string of the molecule is COc1cccc(Cn2c(=O)[nH]c3c(N)nc(-c4cccc(O)c4)nc32)c1F. The van der Waals surface area contributed by atoms with E-state index >= 15 is 0 Å². The number of nitrogens with zero attached hydrogens (tertiary/aromatic N) is 3. The van der Waals surface area contributed by atoms with Crippen LogP contribution >= 0.6 is 0 Å². The molecule has 0 saturated carbocycles. The maximum atomic E-state index is 14.5. The Hall–Kier alpha value is -3.88. The van der Waals surface area contributed by atoms with Crippen LogP contribution < -0.4 is 16.2 Å². The third-order valence-electron chi connectivity index (χ3n) is 4.35. The average Bonchev–Trinajstić information content (AvgIpc) is 2.99. The quantitative estimate of drug-likeness (QED) is 0.499. The number of ether oxygens (including phenoxy) is 1. The van der Waals surface area contributed by atoms with Gasteiger partial charge in [0.15, 0.2) is 28.9 Å². The summed E-state index contributed by atoms with van der Waals surface area (Å²) >= 11 is 0. The first-order valence-electron chi connectivity index (χ1n) is 8.34. The summed E-state index contributed by atoms with van der Waals surface area (Å²) in [4.78, 5) is 23.7. The number of fused-ring (bicyclic) bond motifs is 1. The molecule has 0 amide bonds. The van der Waals surface area contributed by atoms with E-state index in [1.54, 1.807) is 24.3 Å². The van der Waals surface area contributed by atoms with Crippen molar-refractivity contribution < 1.29 is 14.2 Å². The van der Waals surface area contributed by atoms with Crippen LogP contribution in [0.4, 0.5) is 10.2 Å². The van der Waals surface area contributed by atoms with Crippen LogP contribution in [0, 0.1) is 5.82 Å². The van der Waals surface area contributed by atoms with Gasteiger partial charge in [-0.3, -0.25) is 4.57 Å². The van der Waals surface area contributed by atoms with Gasteiger partial charge in [-0.1, -0.05) is 24.3 Å². The lowest BCUT2D eigenvalue weighted by atomic mass is 10.2. The number of methoxy groups -OCH3 is 1. The lowest BCUT2D eigenvalue weighted by Gasteiger charge is -2.09. The van der Waals surface area contributed by atoms with Crippen molar-refractivity contribution in [3.05, 3.63) is 64.3 Å². The largest absolute Gasteiger partial charge is 0.508 e. The van der Waals surface area contributed by atoms with E-state index in [-0.39, 0.29) is 46.4 Å².